The number of nitrogens with one attached hydrogen (secondary N) is 2. The molecule has 1 aromatic carbocycles. The molecule has 2 aliphatic heterocycles. The van der Waals surface area contributed by atoms with Crippen LogP contribution in [0.1, 0.15) is 51.0 Å². The van der Waals surface area contributed by atoms with Crippen LogP contribution >= 0.6 is 0 Å². The van der Waals surface area contributed by atoms with Crippen molar-refractivity contribution in [1.82, 2.24) is 15.5 Å². The zero-order valence-electron chi connectivity index (χ0n) is 17.3. The van der Waals surface area contributed by atoms with Crippen LogP contribution in [0.25, 0.3) is 0 Å². The minimum Gasteiger partial charge on any atom is -0.454 e. The average molecular weight is 401 g/mol. The molecule has 1 saturated carbocycles. The van der Waals surface area contributed by atoms with E-state index in [1.165, 1.54) is 19.3 Å². The van der Waals surface area contributed by atoms with Gasteiger partial charge in [0.15, 0.2) is 17.5 Å². The molecule has 1 atom stereocenters. The van der Waals surface area contributed by atoms with E-state index in [4.69, 9.17) is 14.5 Å². The van der Waals surface area contributed by atoms with Crippen LogP contribution in [0.3, 0.4) is 0 Å². The van der Waals surface area contributed by atoms with Gasteiger partial charge in [0.1, 0.15) is 0 Å². The summed E-state index contributed by atoms with van der Waals surface area (Å²) >= 11 is 0. The van der Waals surface area contributed by atoms with Crippen molar-refractivity contribution in [3.63, 3.8) is 0 Å². The first kappa shape index (κ1) is 19.9. The average Bonchev–Trinajstić information content (AvgIpc) is 3.41. The Labute approximate surface area is 172 Å². The van der Waals surface area contributed by atoms with Gasteiger partial charge in [-0.15, -0.1) is 0 Å². The molecule has 2 heterocycles. The maximum atomic E-state index is 12.8. The number of carbonyl (C=O) groups excluding carboxylic acids is 1. The highest BCUT2D eigenvalue weighted by atomic mass is 16.7. The highest BCUT2D eigenvalue weighted by Crippen LogP contribution is 2.32. The highest BCUT2D eigenvalue weighted by molar-refractivity contribution is 5.81. The van der Waals surface area contributed by atoms with Crippen LogP contribution in [0.2, 0.25) is 0 Å². The number of aliphatic imine (C=N–C) groups is 1. The molecule has 3 aliphatic rings. The minimum atomic E-state index is 0.246. The van der Waals surface area contributed by atoms with E-state index in [1.807, 2.05) is 18.2 Å². The van der Waals surface area contributed by atoms with Gasteiger partial charge in [-0.2, -0.15) is 0 Å². The molecule has 1 aliphatic carbocycles. The summed E-state index contributed by atoms with van der Waals surface area (Å²) in [4.78, 5) is 19.6. The third-order valence-corrected chi connectivity index (χ3v) is 6.00. The molecule has 4 rings (SSSR count). The fourth-order valence-corrected chi connectivity index (χ4v) is 4.41. The zero-order chi connectivity index (χ0) is 20.1. The molecule has 1 aromatic rings. The number of likely N-dealkylation sites (tertiary alicyclic amines) is 1. The summed E-state index contributed by atoms with van der Waals surface area (Å²) in [5, 5.41) is 6.84. The molecule has 2 fully saturated rings. The van der Waals surface area contributed by atoms with Crippen molar-refractivity contribution in [2.75, 3.05) is 26.4 Å². The monoisotopic (exact) mass is 400 g/mol. The zero-order valence-corrected chi connectivity index (χ0v) is 17.3. The van der Waals surface area contributed by atoms with E-state index in [-0.39, 0.29) is 18.8 Å². The molecule has 0 aromatic heterocycles. The molecule has 2 N–H and O–H groups in total. The fraction of sp³-hybridized carbons (Fsp3) is 0.636. The van der Waals surface area contributed by atoms with E-state index in [2.05, 4.69) is 22.5 Å². The van der Waals surface area contributed by atoms with Gasteiger partial charge in [-0.05, 0) is 43.9 Å². The molecule has 0 bridgehead atoms. The summed E-state index contributed by atoms with van der Waals surface area (Å²) < 4.78 is 10.8. The molecule has 29 heavy (non-hydrogen) atoms. The molecule has 0 radical (unpaired) electrons. The number of ether oxygens (including phenoxy) is 2. The quantitative estimate of drug-likeness (QED) is 0.587. The maximum absolute atomic E-state index is 12.8. The van der Waals surface area contributed by atoms with Crippen LogP contribution in [0.5, 0.6) is 11.5 Å². The molecule has 1 unspecified atom stereocenters. The summed E-state index contributed by atoms with van der Waals surface area (Å²) in [5.74, 6) is 2.97. The topological polar surface area (TPSA) is 75.2 Å². The van der Waals surface area contributed by atoms with Gasteiger partial charge in [-0.25, -0.2) is 4.99 Å². The van der Waals surface area contributed by atoms with Crippen molar-refractivity contribution in [2.24, 2.45) is 10.9 Å². The predicted octanol–water partition coefficient (Wildman–Crippen LogP) is 2.65. The van der Waals surface area contributed by atoms with Crippen LogP contribution < -0.4 is 20.1 Å². The second-order valence-electron chi connectivity index (χ2n) is 8.13. The molecule has 158 valence electrons. The summed E-state index contributed by atoms with van der Waals surface area (Å²) in [6, 6.07) is 6.17. The number of benzene rings is 1. The van der Waals surface area contributed by atoms with Gasteiger partial charge in [-0.1, -0.05) is 25.3 Å². The van der Waals surface area contributed by atoms with Crippen LogP contribution in [0.4, 0.5) is 0 Å². The van der Waals surface area contributed by atoms with Crippen LogP contribution in [-0.4, -0.2) is 49.2 Å². The van der Waals surface area contributed by atoms with Gasteiger partial charge < -0.3 is 25.0 Å². The van der Waals surface area contributed by atoms with Gasteiger partial charge in [0.25, 0.3) is 0 Å². The number of guanidine groups is 1. The Bertz CT molecular complexity index is 746. The van der Waals surface area contributed by atoms with E-state index in [1.54, 1.807) is 0 Å². The van der Waals surface area contributed by atoms with Crippen molar-refractivity contribution in [3.05, 3.63) is 23.8 Å². The Morgan fingerprint density at radius 1 is 1.17 bits per heavy atom. The second kappa shape index (κ2) is 9.37. The number of rotatable bonds is 5. The first-order chi connectivity index (χ1) is 14.2. The SMILES string of the molecule is CCNC(=NCc1ccc2c(c1)OCO2)NC1CCN(C(=O)C2CCCCC2)C1. The lowest BCUT2D eigenvalue weighted by atomic mass is 9.88. The van der Waals surface area contributed by atoms with E-state index in [0.29, 0.717) is 12.5 Å². The smallest absolute Gasteiger partial charge is 0.231 e. The third-order valence-electron chi connectivity index (χ3n) is 6.00. The Hall–Kier alpha value is -2.44. The summed E-state index contributed by atoms with van der Waals surface area (Å²) in [6.07, 6.45) is 6.76. The molecular weight excluding hydrogens is 368 g/mol. The molecular formula is C22H32N4O3. The van der Waals surface area contributed by atoms with Crippen molar-refractivity contribution in [2.45, 2.75) is 58.0 Å². The lowest BCUT2D eigenvalue weighted by Gasteiger charge is -2.26. The number of hydrogen-bond acceptors (Lipinski definition) is 4. The first-order valence-corrected chi connectivity index (χ1v) is 10.9. The summed E-state index contributed by atoms with van der Waals surface area (Å²) in [7, 11) is 0. The van der Waals surface area contributed by atoms with Gasteiger partial charge in [0.05, 0.1) is 6.54 Å². The molecule has 0 spiro atoms. The van der Waals surface area contributed by atoms with Crippen LogP contribution in [0.15, 0.2) is 23.2 Å². The van der Waals surface area contributed by atoms with Crippen molar-refractivity contribution >= 4 is 11.9 Å². The number of hydrogen-bond donors (Lipinski definition) is 2. The second-order valence-corrected chi connectivity index (χ2v) is 8.13. The Kier molecular flexibility index (Phi) is 6.42. The first-order valence-electron chi connectivity index (χ1n) is 10.9. The van der Waals surface area contributed by atoms with Crippen LogP contribution in [0, 0.1) is 5.92 Å². The molecule has 7 nitrogen and oxygen atoms in total. The number of nitrogens with zero attached hydrogens (tertiary/aromatic N) is 2. The lowest BCUT2D eigenvalue weighted by molar-refractivity contribution is -0.135. The van der Waals surface area contributed by atoms with E-state index in [0.717, 1.165) is 61.9 Å². The van der Waals surface area contributed by atoms with E-state index >= 15 is 0 Å². The molecule has 1 saturated heterocycles. The lowest BCUT2D eigenvalue weighted by Crippen LogP contribution is -2.45. The largest absolute Gasteiger partial charge is 0.454 e. The number of fused-ring (bicyclic) bond motifs is 1. The maximum Gasteiger partial charge on any atom is 0.231 e. The van der Waals surface area contributed by atoms with E-state index in [9.17, 15) is 4.79 Å². The van der Waals surface area contributed by atoms with Crippen molar-refractivity contribution in [1.29, 1.82) is 0 Å². The molecule has 1 amide bonds. The van der Waals surface area contributed by atoms with Gasteiger partial charge >= 0.3 is 0 Å². The number of carbonyl (C=O) groups is 1. The Morgan fingerprint density at radius 2 is 2.00 bits per heavy atom. The predicted molar refractivity (Wildman–Crippen MR) is 112 cm³/mol. The van der Waals surface area contributed by atoms with E-state index < -0.39 is 0 Å². The number of amides is 1. The standard InChI is InChI=1S/C22H32N4O3/c1-2-23-22(24-13-16-8-9-19-20(12-16)29-15-28-19)25-18-10-11-26(14-18)21(27)17-6-4-3-5-7-17/h8-9,12,17-18H,2-7,10-11,13-15H2,1H3,(H2,23,24,25). The third kappa shape index (κ3) is 4.95. The Morgan fingerprint density at radius 3 is 2.83 bits per heavy atom. The highest BCUT2D eigenvalue weighted by Gasteiger charge is 2.31. The van der Waals surface area contributed by atoms with Crippen LogP contribution in [-0.2, 0) is 11.3 Å². The summed E-state index contributed by atoms with van der Waals surface area (Å²) in [5.41, 5.74) is 1.08. The Balaban J connectivity index is 1.32. The fourth-order valence-electron chi connectivity index (χ4n) is 4.41. The minimum absolute atomic E-state index is 0.246. The van der Waals surface area contributed by atoms with Crippen molar-refractivity contribution < 1.29 is 14.3 Å². The normalized spacial score (nSPS) is 22.0. The molecule has 7 heteroatoms. The summed E-state index contributed by atoms with van der Waals surface area (Å²) in [6.45, 7) is 5.31. The van der Waals surface area contributed by atoms with Crippen molar-refractivity contribution in [3.8, 4) is 11.5 Å². The van der Waals surface area contributed by atoms with Gasteiger partial charge in [0, 0.05) is 31.6 Å². The van der Waals surface area contributed by atoms with Gasteiger partial charge in [0.2, 0.25) is 12.7 Å². The van der Waals surface area contributed by atoms with Gasteiger partial charge in [-0.3, -0.25) is 4.79 Å².